The summed E-state index contributed by atoms with van der Waals surface area (Å²) < 4.78 is 0. The lowest BCUT2D eigenvalue weighted by Crippen LogP contribution is -2.19. The number of aldehydes is 1. The van der Waals surface area contributed by atoms with Crippen molar-refractivity contribution < 1.29 is 9.59 Å². The third kappa shape index (κ3) is 1.84. The smallest absolute Gasteiger partial charge is 0.251 e. The van der Waals surface area contributed by atoms with Gasteiger partial charge in [-0.3, -0.25) is 9.59 Å². The third-order valence-electron chi connectivity index (χ3n) is 1.68. The van der Waals surface area contributed by atoms with E-state index in [0.29, 0.717) is 23.1 Å². The molecule has 3 N–H and O–H groups in total. The van der Waals surface area contributed by atoms with E-state index < -0.39 is 0 Å². The summed E-state index contributed by atoms with van der Waals surface area (Å²) >= 11 is 0. The highest BCUT2D eigenvalue weighted by Gasteiger charge is 2.08. The maximum Gasteiger partial charge on any atom is 0.251 e. The van der Waals surface area contributed by atoms with Crippen LogP contribution in [0.5, 0.6) is 0 Å². The zero-order chi connectivity index (χ0) is 9.84. The Kier molecular flexibility index (Phi) is 2.64. The van der Waals surface area contributed by atoms with Crippen molar-refractivity contribution in [1.29, 1.82) is 0 Å². The molecule has 0 aliphatic rings. The number of benzene rings is 1. The van der Waals surface area contributed by atoms with Gasteiger partial charge < -0.3 is 11.1 Å². The van der Waals surface area contributed by atoms with Gasteiger partial charge in [-0.05, 0) is 18.2 Å². The second-order valence-corrected chi connectivity index (χ2v) is 2.54. The van der Waals surface area contributed by atoms with Crippen molar-refractivity contribution in [3.05, 3.63) is 29.3 Å². The van der Waals surface area contributed by atoms with E-state index in [4.69, 9.17) is 5.73 Å². The average Bonchev–Trinajstić information content (AvgIpc) is 2.16. The fraction of sp³-hybridized carbons (Fsp3) is 0.111. The molecule has 0 heterocycles. The van der Waals surface area contributed by atoms with Gasteiger partial charge in [-0.15, -0.1) is 0 Å². The molecule has 0 aliphatic heterocycles. The van der Waals surface area contributed by atoms with Crippen LogP contribution in [0.3, 0.4) is 0 Å². The van der Waals surface area contributed by atoms with Crippen molar-refractivity contribution >= 4 is 17.9 Å². The molecule has 0 spiro atoms. The fourth-order valence-corrected chi connectivity index (χ4v) is 1.01. The average molecular weight is 178 g/mol. The van der Waals surface area contributed by atoms with E-state index in [0.717, 1.165) is 0 Å². The molecule has 1 aromatic carbocycles. The van der Waals surface area contributed by atoms with Crippen LogP contribution in [0.2, 0.25) is 0 Å². The lowest BCUT2D eigenvalue weighted by molar-refractivity contribution is 0.0957. The van der Waals surface area contributed by atoms with Gasteiger partial charge in [0.05, 0.1) is 5.56 Å². The predicted octanol–water partition coefficient (Wildman–Crippen LogP) is 0.441. The Morgan fingerprint density at radius 1 is 1.54 bits per heavy atom. The fourth-order valence-electron chi connectivity index (χ4n) is 1.01. The minimum absolute atomic E-state index is 0.303. The zero-order valence-electron chi connectivity index (χ0n) is 7.20. The second-order valence-electron chi connectivity index (χ2n) is 2.54. The Bertz CT molecular complexity index is 347. The van der Waals surface area contributed by atoms with E-state index in [1.807, 2.05) is 0 Å². The van der Waals surface area contributed by atoms with Gasteiger partial charge in [0.25, 0.3) is 5.91 Å². The van der Waals surface area contributed by atoms with Crippen LogP contribution in [0.4, 0.5) is 5.69 Å². The number of nitrogens with two attached hydrogens (primary N) is 1. The van der Waals surface area contributed by atoms with E-state index in [1.54, 1.807) is 6.07 Å². The molecule has 0 radical (unpaired) electrons. The van der Waals surface area contributed by atoms with Crippen LogP contribution in [-0.2, 0) is 0 Å². The number of nitrogen functional groups attached to an aromatic ring is 1. The summed E-state index contributed by atoms with van der Waals surface area (Å²) in [7, 11) is 1.50. The van der Waals surface area contributed by atoms with Crippen molar-refractivity contribution in [2.45, 2.75) is 0 Å². The number of nitrogens with one attached hydrogen (secondary N) is 1. The minimum atomic E-state index is -0.311. The first-order valence-electron chi connectivity index (χ1n) is 3.76. The SMILES string of the molecule is CNC(=O)c1cc(N)ccc1C=O. The molecule has 1 rings (SSSR count). The lowest BCUT2D eigenvalue weighted by Gasteiger charge is -2.03. The highest BCUT2D eigenvalue weighted by Crippen LogP contribution is 2.11. The van der Waals surface area contributed by atoms with Gasteiger partial charge in [0, 0.05) is 18.3 Å². The Balaban J connectivity index is 3.23. The Labute approximate surface area is 75.7 Å². The first kappa shape index (κ1) is 9.25. The zero-order valence-corrected chi connectivity index (χ0v) is 7.20. The molecule has 13 heavy (non-hydrogen) atoms. The van der Waals surface area contributed by atoms with Gasteiger partial charge in [0.15, 0.2) is 6.29 Å². The van der Waals surface area contributed by atoms with Crippen LogP contribution < -0.4 is 11.1 Å². The maximum atomic E-state index is 11.2. The molecule has 1 amide bonds. The number of anilines is 1. The maximum absolute atomic E-state index is 11.2. The summed E-state index contributed by atoms with van der Waals surface area (Å²) in [5.41, 5.74) is 6.59. The summed E-state index contributed by atoms with van der Waals surface area (Å²) in [5.74, 6) is -0.311. The number of amides is 1. The number of carbonyl (C=O) groups excluding carboxylic acids is 2. The number of hydrogen-bond donors (Lipinski definition) is 2. The highest BCUT2D eigenvalue weighted by atomic mass is 16.1. The summed E-state index contributed by atoms with van der Waals surface area (Å²) in [6.07, 6.45) is 0.629. The molecule has 4 nitrogen and oxygen atoms in total. The Morgan fingerprint density at radius 3 is 2.77 bits per heavy atom. The molecule has 68 valence electrons. The van der Waals surface area contributed by atoms with E-state index in [1.165, 1.54) is 19.2 Å². The van der Waals surface area contributed by atoms with Crippen LogP contribution in [0.1, 0.15) is 20.7 Å². The molecule has 0 aliphatic carbocycles. The molecule has 4 heteroatoms. The largest absolute Gasteiger partial charge is 0.399 e. The van der Waals surface area contributed by atoms with E-state index in [-0.39, 0.29) is 5.91 Å². The Hall–Kier alpha value is -1.84. The number of carbonyl (C=O) groups is 2. The van der Waals surface area contributed by atoms with E-state index in [2.05, 4.69) is 5.32 Å². The van der Waals surface area contributed by atoms with Crippen molar-refractivity contribution in [1.82, 2.24) is 5.32 Å². The minimum Gasteiger partial charge on any atom is -0.399 e. The molecular formula is C9H10N2O2. The molecule has 0 saturated carbocycles. The van der Waals surface area contributed by atoms with Crippen molar-refractivity contribution in [3.8, 4) is 0 Å². The van der Waals surface area contributed by atoms with Crippen LogP contribution in [0, 0.1) is 0 Å². The van der Waals surface area contributed by atoms with Gasteiger partial charge in [-0.25, -0.2) is 0 Å². The summed E-state index contributed by atoms with van der Waals surface area (Å²) in [4.78, 5) is 21.8. The van der Waals surface area contributed by atoms with Gasteiger partial charge in [-0.2, -0.15) is 0 Å². The van der Waals surface area contributed by atoms with Gasteiger partial charge in [0.1, 0.15) is 0 Å². The molecular weight excluding hydrogens is 168 g/mol. The summed E-state index contributed by atoms with van der Waals surface area (Å²) in [5, 5.41) is 2.43. The summed E-state index contributed by atoms with van der Waals surface area (Å²) in [6.45, 7) is 0. The van der Waals surface area contributed by atoms with E-state index in [9.17, 15) is 9.59 Å². The normalized spacial score (nSPS) is 9.31. The summed E-state index contributed by atoms with van der Waals surface area (Å²) in [6, 6.07) is 4.58. The first-order chi connectivity index (χ1) is 6.19. The van der Waals surface area contributed by atoms with Gasteiger partial charge in [0.2, 0.25) is 0 Å². The second kappa shape index (κ2) is 3.71. The van der Waals surface area contributed by atoms with Crippen LogP contribution in [0.25, 0.3) is 0 Å². The third-order valence-corrected chi connectivity index (χ3v) is 1.68. The highest BCUT2D eigenvalue weighted by molar-refractivity contribution is 6.02. The van der Waals surface area contributed by atoms with Gasteiger partial charge in [-0.1, -0.05) is 0 Å². The van der Waals surface area contributed by atoms with Crippen molar-refractivity contribution in [2.75, 3.05) is 12.8 Å². The Morgan fingerprint density at radius 2 is 2.23 bits per heavy atom. The molecule has 0 fully saturated rings. The van der Waals surface area contributed by atoms with Crippen LogP contribution in [0.15, 0.2) is 18.2 Å². The predicted molar refractivity (Wildman–Crippen MR) is 49.6 cm³/mol. The molecule has 0 aromatic heterocycles. The van der Waals surface area contributed by atoms with Gasteiger partial charge >= 0.3 is 0 Å². The standard InChI is InChI=1S/C9H10N2O2/c1-11-9(13)8-4-7(10)3-2-6(8)5-12/h2-5H,10H2,1H3,(H,11,13). The molecule has 0 unspecified atom stereocenters. The molecule has 0 saturated heterocycles. The van der Waals surface area contributed by atoms with Crippen molar-refractivity contribution in [2.24, 2.45) is 0 Å². The lowest BCUT2D eigenvalue weighted by atomic mass is 10.1. The molecule has 1 aromatic rings. The van der Waals surface area contributed by atoms with E-state index >= 15 is 0 Å². The number of rotatable bonds is 2. The monoisotopic (exact) mass is 178 g/mol. The first-order valence-corrected chi connectivity index (χ1v) is 3.76. The van der Waals surface area contributed by atoms with Crippen molar-refractivity contribution in [3.63, 3.8) is 0 Å². The van der Waals surface area contributed by atoms with Crippen LogP contribution >= 0.6 is 0 Å². The van der Waals surface area contributed by atoms with Crippen LogP contribution in [-0.4, -0.2) is 19.2 Å². The topological polar surface area (TPSA) is 72.2 Å². The quantitative estimate of drug-likeness (QED) is 0.510. The molecule has 0 atom stereocenters. The molecule has 0 bridgehead atoms. The number of hydrogen-bond acceptors (Lipinski definition) is 3.